The summed E-state index contributed by atoms with van der Waals surface area (Å²) in [5.41, 5.74) is 1.29. The second-order valence-electron chi connectivity index (χ2n) is 3.39. The van der Waals surface area contributed by atoms with Crippen molar-refractivity contribution in [2.75, 3.05) is 11.9 Å². The number of hydrogen-bond donors (Lipinski definition) is 2. The maximum absolute atomic E-state index is 10.8. The highest BCUT2D eigenvalue weighted by molar-refractivity contribution is 9.10. The second-order valence-corrected chi connectivity index (χ2v) is 4.68. The third kappa shape index (κ3) is 4.40. The van der Waals surface area contributed by atoms with Gasteiger partial charge in [0.2, 0.25) is 0 Å². The van der Waals surface area contributed by atoms with E-state index in [1.807, 2.05) is 13.0 Å². The molecule has 0 atom stereocenters. The first-order chi connectivity index (χ1) is 8.04. The molecule has 1 aromatic carbocycles. The van der Waals surface area contributed by atoms with Gasteiger partial charge in [-0.3, -0.25) is 0 Å². The highest BCUT2D eigenvalue weighted by Crippen LogP contribution is 2.25. The summed E-state index contributed by atoms with van der Waals surface area (Å²) in [6.45, 7) is 2.29. The number of rotatable bonds is 5. The Hall–Kier alpha value is -1.00. The molecule has 0 aliphatic carbocycles. The molecule has 17 heavy (non-hydrogen) atoms. The van der Waals surface area contributed by atoms with Crippen LogP contribution in [0.25, 0.3) is 0 Å². The molecule has 1 aromatic rings. The number of carbonyl (C=O) groups is 1. The van der Waals surface area contributed by atoms with Gasteiger partial charge in [-0.2, -0.15) is 0 Å². The van der Waals surface area contributed by atoms with Crippen LogP contribution in [0.15, 0.2) is 34.3 Å². The number of benzene rings is 1. The lowest BCUT2D eigenvalue weighted by atomic mass is 10.2. The Kier molecular flexibility index (Phi) is 5.51. The van der Waals surface area contributed by atoms with E-state index in [4.69, 9.17) is 16.7 Å². The number of carboxylic acids is 1. The monoisotopic (exact) mass is 317 g/mol. The van der Waals surface area contributed by atoms with Crippen molar-refractivity contribution in [2.45, 2.75) is 13.3 Å². The minimum absolute atomic E-state index is 0.405. The van der Waals surface area contributed by atoms with E-state index in [-0.39, 0.29) is 0 Å². The normalized spacial score (nSPS) is 11.4. The van der Waals surface area contributed by atoms with E-state index in [1.165, 1.54) is 0 Å². The van der Waals surface area contributed by atoms with Gasteiger partial charge in [0.15, 0.2) is 0 Å². The maximum Gasteiger partial charge on any atom is 0.331 e. The largest absolute Gasteiger partial charge is 0.478 e. The molecule has 0 saturated carbocycles. The van der Waals surface area contributed by atoms with Gasteiger partial charge in [-0.1, -0.05) is 24.6 Å². The van der Waals surface area contributed by atoms with E-state index in [1.54, 1.807) is 18.2 Å². The van der Waals surface area contributed by atoms with Gasteiger partial charge in [0, 0.05) is 27.3 Å². The number of halogens is 2. The lowest BCUT2D eigenvalue weighted by molar-refractivity contribution is -0.132. The zero-order chi connectivity index (χ0) is 12.8. The number of nitrogens with one attached hydrogen (secondary N) is 1. The molecule has 0 aliphatic rings. The Morgan fingerprint density at radius 1 is 1.59 bits per heavy atom. The fourth-order valence-corrected chi connectivity index (χ4v) is 2.12. The van der Waals surface area contributed by atoms with E-state index >= 15 is 0 Å². The Morgan fingerprint density at radius 2 is 2.29 bits per heavy atom. The predicted molar refractivity (Wildman–Crippen MR) is 73.7 cm³/mol. The third-order valence-corrected chi connectivity index (χ3v) is 3.12. The molecule has 2 N–H and O–H groups in total. The Bertz CT molecular complexity index is 446. The van der Waals surface area contributed by atoms with Crippen molar-refractivity contribution in [2.24, 2.45) is 0 Å². The Labute approximate surface area is 114 Å². The van der Waals surface area contributed by atoms with Gasteiger partial charge in [-0.15, -0.1) is 0 Å². The van der Waals surface area contributed by atoms with Crippen LogP contribution in [0.2, 0.25) is 5.02 Å². The van der Waals surface area contributed by atoms with Crippen LogP contribution in [-0.4, -0.2) is 17.6 Å². The zero-order valence-electron chi connectivity index (χ0n) is 9.34. The van der Waals surface area contributed by atoms with Gasteiger partial charge in [0.25, 0.3) is 0 Å². The summed E-state index contributed by atoms with van der Waals surface area (Å²) < 4.78 is 0.853. The van der Waals surface area contributed by atoms with Crippen molar-refractivity contribution >= 4 is 39.2 Å². The minimum atomic E-state index is -0.871. The molecule has 0 saturated heterocycles. The van der Waals surface area contributed by atoms with E-state index < -0.39 is 5.97 Å². The van der Waals surface area contributed by atoms with Crippen LogP contribution in [0, 0.1) is 0 Å². The van der Waals surface area contributed by atoms with Crippen molar-refractivity contribution < 1.29 is 9.90 Å². The molecule has 0 heterocycles. The van der Waals surface area contributed by atoms with E-state index in [2.05, 4.69) is 21.2 Å². The summed E-state index contributed by atoms with van der Waals surface area (Å²) >= 11 is 9.19. The number of hydrogen-bond acceptors (Lipinski definition) is 2. The Balaban J connectivity index is 2.65. The summed E-state index contributed by atoms with van der Waals surface area (Å²) in [6.07, 6.45) is 2.18. The van der Waals surface area contributed by atoms with Gasteiger partial charge in [0.1, 0.15) is 0 Å². The number of carboxylic acid groups (broad SMARTS) is 1. The molecular formula is C12H13BrClNO2. The van der Waals surface area contributed by atoms with Gasteiger partial charge in [-0.25, -0.2) is 4.79 Å². The van der Waals surface area contributed by atoms with Crippen LogP contribution in [0.4, 0.5) is 5.69 Å². The zero-order valence-corrected chi connectivity index (χ0v) is 11.7. The molecule has 0 bridgehead atoms. The van der Waals surface area contributed by atoms with Crippen LogP contribution in [0.1, 0.15) is 13.3 Å². The van der Waals surface area contributed by atoms with Crippen molar-refractivity contribution in [3.05, 3.63) is 39.3 Å². The topological polar surface area (TPSA) is 49.3 Å². The van der Waals surface area contributed by atoms with Crippen LogP contribution in [-0.2, 0) is 4.79 Å². The van der Waals surface area contributed by atoms with Gasteiger partial charge in [-0.05, 0) is 40.5 Å². The molecule has 1 rings (SSSR count). The van der Waals surface area contributed by atoms with E-state index in [9.17, 15) is 4.79 Å². The SMILES string of the molecule is CC/C(=C/CNc1ccc(Cl)cc1Br)C(=O)O. The van der Waals surface area contributed by atoms with E-state index in [0.29, 0.717) is 23.6 Å². The summed E-state index contributed by atoms with van der Waals surface area (Å²) in [5, 5.41) is 12.6. The Morgan fingerprint density at radius 3 is 2.82 bits per heavy atom. The smallest absolute Gasteiger partial charge is 0.331 e. The molecule has 92 valence electrons. The first-order valence-electron chi connectivity index (χ1n) is 5.15. The standard InChI is InChI=1S/C12H13BrClNO2/c1-2-8(12(16)17)5-6-15-11-4-3-9(14)7-10(11)13/h3-5,7,15H,2,6H2,1H3,(H,16,17)/b8-5-. The molecule has 0 spiro atoms. The van der Waals surface area contributed by atoms with Crippen molar-refractivity contribution in [1.82, 2.24) is 0 Å². The fourth-order valence-electron chi connectivity index (χ4n) is 1.30. The van der Waals surface area contributed by atoms with Crippen molar-refractivity contribution in [3.8, 4) is 0 Å². The maximum atomic E-state index is 10.8. The first-order valence-corrected chi connectivity index (χ1v) is 6.33. The third-order valence-electron chi connectivity index (χ3n) is 2.23. The van der Waals surface area contributed by atoms with Crippen LogP contribution in [0.3, 0.4) is 0 Å². The number of anilines is 1. The summed E-state index contributed by atoms with van der Waals surface area (Å²) in [4.78, 5) is 10.8. The van der Waals surface area contributed by atoms with Crippen molar-refractivity contribution in [3.63, 3.8) is 0 Å². The fraction of sp³-hybridized carbons (Fsp3) is 0.250. The molecule has 0 fully saturated rings. The molecule has 0 unspecified atom stereocenters. The van der Waals surface area contributed by atoms with Gasteiger partial charge in [0.05, 0.1) is 0 Å². The predicted octanol–water partition coefficient (Wildman–Crippen LogP) is 3.94. The molecule has 0 aliphatic heterocycles. The lowest BCUT2D eigenvalue weighted by Crippen LogP contribution is -2.05. The van der Waals surface area contributed by atoms with Crippen molar-refractivity contribution in [1.29, 1.82) is 0 Å². The second kappa shape index (κ2) is 6.67. The average molecular weight is 319 g/mol. The summed E-state index contributed by atoms with van der Waals surface area (Å²) in [5.74, 6) is -0.871. The van der Waals surface area contributed by atoms with Gasteiger partial charge < -0.3 is 10.4 Å². The van der Waals surface area contributed by atoms with Gasteiger partial charge >= 0.3 is 5.97 Å². The van der Waals surface area contributed by atoms with E-state index in [0.717, 1.165) is 10.2 Å². The van der Waals surface area contributed by atoms with Crippen LogP contribution in [0.5, 0.6) is 0 Å². The highest BCUT2D eigenvalue weighted by Gasteiger charge is 2.03. The molecular weight excluding hydrogens is 305 g/mol. The number of aliphatic carboxylic acids is 1. The molecule has 3 nitrogen and oxygen atoms in total. The highest BCUT2D eigenvalue weighted by atomic mass is 79.9. The molecule has 0 radical (unpaired) electrons. The van der Waals surface area contributed by atoms with Crippen LogP contribution < -0.4 is 5.32 Å². The lowest BCUT2D eigenvalue weighted by Gasteiger charge is -2.07. The summed E-state index contributed by atoms with van der Waals surface area (Å²) in [6, 6.07) is 5.40. The molecule has 5 heteroatoms. The molecule has 0 aromatic heterocycles. The quantitative estimate of drug-likeness (QED) is 0.809. The summed E-state index contributed by atoms with van der Waals surface area (Å²) in [7, 11) is 0. The average Bonchev–Trinajstić information content (AvgIpc) is 2.26. The van der Waals surface area contributed by atoms with Crippen LogP contribution >= 0.6 is 27.5 Å². The minimum Gasteiger partial charge on any atom is -0.478 e. The molecule has 0 amide bonds. The first kappa shape index (κ1) is 14.1.